The van der Waals surface area contributed by atoms with Crippen molar-refractivity contribution in [2.75, 3.05) is 30.0 Å². The lowest BCUT2D eigenvalue weighted by Crippen LogP contribution is -2.25. The van der Waals surface area contributed by atoms with Crippen LogP contribution in [0.15, 0.2) is 53.4 Å². The molecule has 6 nitrogen and oxygen atoms in total. The highest BCUT2D eigenvalue weighted by molar-refractivity contribution is 7.93. The van der Waals surface area contributed by atoms with Gasteiger partial charge in [-0.05, 0) is 48.9 Å². The molecule has 3 rings (SSSR count). The molecule has 1 aliphatic heterocycles. The van der Waals surface area contributed by atoms with Crippen molar-refractivity contribution in [3.63, 3.8) is 0 Å². The van der Waals surface area contributed by atoms with Crippen LogP contribution in [0.3, 0.4) is 0 Å². The monoisotopic (exact) mass is 427 g/mol. The molecule has 0 spiro atoms. The Morgan fingerprint density at radius 2 is 1.86 bits per heavy atom. The van der Waals surface area contributed by atoms with E-state index in [9.17, 15) is 22.2 Å². The van der Waals surface area contributed by atoms with Gasteiger partial charge in [-0.2, -0.15) is 13.2 Å². The molecule has 0 aliphatic carbocycles. The van der Waals surface area contributed by atoms with Crippen molar-refractivity contribution < 1.29 is 26.9 Å². The van der Waals surface area contributed by atoms with Crippen molar-refractivity contribution in [3.8, 4) is 0 Å². The molecule has 0 aromatic heterocycles. The van der Waals surface area contributed by atoms with Crippen LogP contribution in [-0.4, -0.2) is 36.0 Å². The minimum Gasteiger partial charge on any atom is -0.447 e. The van der Waals surface area contributed by atoms with Crippen LogP contribution in [0.25, 0.3) is 0 Å². The number of hydrogen-bond donors (Lipinski definition) is 1. The number of anilines is 2. The minimum atomic E-state index is -5.12. The van der Waals surface area contributed by atoms with Gasteiger partial charge in [-0.3, -0.25) is 4.90 Å². The van der Waals surface area contributed by atoms with Crippen LogP contribution in [0.4, 0.5) is 29.3 Å². The van der Waals surface area contributed by atoms with Gasteiger partial charge < -0.3 is 9.64 Å². The zero-order chi connectivity index (χ0) is 21.4. The van der Waals surface area contributed by atoms with Gasteiger partial charge in [0.1, 0.15) is 6.61 Å². The van der Waals surface area contributed by atoms with Crippen LogP contribution in [-0.2, 0) is 14.5 Å². The largest absolute Gasteiger partial charge is 0.483 e. The van der Waals surface area contributed by atoms with Crippen LogP contribution in [0.1, 0.15) is 18.5 Å². The van der Waals surface area contributed by atoms with Crippen LogP contribution in [0.5, 0.6) is 0 Å². The molecule has 0 radical (unpaired) electrons. The first kappa shape index (κ1) is 21.0. The highest BCUT2D eigenvalue weighted by Crippen LogP contribution is 2.33. The van der Waals surface area contributed by atoms with E-state index >= 15 is 0 Å². The van der Waals surface area contributed by atoms with Gasteiger partial charge in [0.25, 0.3) is 0 Å². The molecule has 1 heterocycles. The van der Waals surface area contributed by atoms with Crippen molar-refractivity contribution in [3.05, 3.63) is 54.1 Å². The summed E-state index contributed by atoms with van der Waals surface area (Å²) in [6, 6.07) is 12.2. The van der Waals surface area contributed by atoms with Crippen molar-refractivity contribution in [1.29, 1.82) is 4.78 Å². The Hall–Kier alpha value is -2.75. The van der Waals surface area contributed by atoms with E-state index in [4.69, 9.17) is 9.52 Å². The number of halogens is 3. The number of hydrogen-bond acceptors (Lipinski definition) is 5. The molecule has 1 N–H and O–H groups in total. The lowest BCUT2D eigenvalue weighted by atomic mass is 10.1. The Labute approximate surface area is 166 Å². The summed E-state index contributed by atoms with van der Waals surface area (Å²) < 4.78 is 62.3. The third-order valence-corrected chi connectivity index (χ3v) is 6.50. The number of nitrogens with one attached hydrogen (secondary N) is 1. The summed E-state index contributed by atoms with van der Waals surface area (Å²) >= 11 is 0. The fraction of sp³-hybridized carbons (Fsp3) is 0.316. The summed E-state index contributed by atoms with van der Waals surface area (Å²) in [5.74, 6) is 0. The quantitative estimate of drug-likeness (QED) is 0.746. The van der Waals surface area contributed by atoms with Crippen LogP contribution in [0.2, 0.25) is 0 Å². The number of cyclic esters (lactones) is 1. The van der Waals surface area contributed by atoms with Crippen LogP contribution < -0.4 is 9.80 Å². The summed E-state index contributed by atoms with van der Waals surface area (Å²) in [4.78, 5) is 14.6. The maximum absolute atomic E-state index is 12.8. The molecule has 2 atom stereocenters. The Morgan fingerprint density at radius 3 is 2.41 bits per heavy atom. The van der Waals surface area contributed by atoms with E-state index in [-0.39, 0.29) is 6.04 Å². The lowest BCUT2D eigenvalue weighted by Gasteiger charge is -2.28. The van der Waals surface area contributed by atoms with Gasteiger partial charge in [-0.1, -0.05) is 12.1 Å². The Balaban J connectivity index is 1.82. The Kier molecular flexibility index (Phi) is 5.48. The highest BCUT2D eigenvalue weighted by Gasteiger charge is 2.43. The molecule has 0 bridgehead atoms. The fourth-order valence-corrected chi connectivity index (χ4v) is 3.82. The number of rotatable bonds is 5. The minimum absolute atomic E-state index is 0.164. The zero-order valence-corrected chi connectivity index (χ0v) is 16.6. The average Bonchev–Trinajstić information content (AvgIpc) is 3.12. The first-order chi connectivity index (χ1) is 13.5. The number of nitrogens with zero attached hydrogens (tertiary/aromatic N) is 2. The van der Waals surface area contributed by atoms with Gasteiger partial charge in [0, 0.05) is 18.4 Å². The molecule has 29 heavy (non-hydrogen) atoms. The molecule has 10 heteroatoms. The van der Waals surface area contributed by atoms with Gasteiger partial charge in [-0.25, -0.2) is 13.8 Å². The number of amides is 1. The van der Waals surface area contributed by atoms with Gasteiger partial charge in [0.2, 0.25) is 0 Å². The second-order valence-electron chi connectivity index (χ2n) is 6.64. The molecule has 2 aromatic rings. The van der Waals surface area contributed by atoms with Crippen molar-refractivity contribution >= 4 is 27.2 Å². The third kappa shape index (κ3) is 4.02. The molecule has 0 saturated carbocycles. The number of carbonyl (C=O) groups is 1. The first-order valence-corrected chi connectivity index (χ1v) is 10.3. The van der Waals surface area contributed by atoms with Gasteiger partial charge in [-0.15, -0.1) is 0 Å². The average molecular weight is 427 g/mol. The molecule has 1 fully saturated rings. The molecular formula is C19H20F3N3O3S. The number of alkyl halides is 3. The molecular weight excluding hydrogens is 407 g/mol. The molecule has 1 aliphatic rings. The highest BCUT2D eigenvalue weighted by atomic mass is 32.2. The second-order valence-corrected chi connectivity index (χ2v) is 8.69. The standard InChI is InChI=1S/C19H20F3N3O3S/c1-13(14-4-3-5-16(12-14)25-10-11-28-18(25)26)24(2)15-6-8-17(9-7-15)29(23,27)19(20,21)22/h3-9,12-13,23H,10-11H2,1-2H3. The van der Waals surface area contributed by atoms with Gasteiger partial charge in [0.05, 0.1) is 17.5 Å². The Morgan fingerprint density at radius 1 is 1.21 bits per heavy atom. The second kappa shape index (κ2) is 7.58. The van der Waals surface area contributed by atoms with Crippen LogP contribution in [0, 0.1) is 4.78 Å². The van der Waals surface area contributed by atoms with E-state index in [0.29, 0.717) is 24.5 Å². The number of carbonyl (C=O) groups excluding carboxylic acids is 1. The van der Waals surface area contributed by atoms with Crippen LogP contribution >= 0.6 is 0 Å². The summed E-state index contributed by atoms with van der Waals surface area (Å²) in [6.07, 6.45) is -0.401. The van der Waals surface area contributed by atoms with Gasteiger partial charge >= 0.3 is 11.6 Å². The van der Waals surface area contributed by atoms with E-state index in [1.807, 2.05) is 30.0 Å². The van der Waals surface area contributed by atoms with Crippen molar-refractivity contribution in [2.45, 2.75) is 23.4 Å². The molecule has 1 saturated heterocycles. The smallest absolute Gasteiger partial charge is 0.447 e. The zero-order valence-electron chi connectivity index (χ0n) is 15.8. The van der Waals surface area contributed by atoms with E-state index in [0.717, 1.165) is 17.7 Å². The maximum atomic E-state index is 12.8. The predicted molar refractivity (Wildman–Crippen MR) is 104 cm³/mol. The molecule has 2 aromatic carbocycles. The summed E-state index contributed by atoms with van der Waals surface area (Å²) in [7, 11) is -3.10. The number of benzene rings is 2. The predicted octanol–water partition coefficient (Wildman–Crippen LogP) is 4.77. The molecule has 156 valence electrons. The third-order valence-electron chi connectivity index (χ3n) is 4.91. The number of ether oxygens (including phenoxy) is 1. The Bertz CT molecular complexity index is 1010. The van der Waals surface area contributed by atoms with Crippen molar-refractivity contribution in [1.82, 2.24) is 0 Å². The molecule has 1 amide bonds. The van der Waals surface area contributed by atoms with Gasteiger partial charge in [0.15, 0.2) is 9.73 Å². The maximum Gasteiger partial charge on any atom is 0.483 e. The molecule has 2 unspecified atom stereocenters. The topological polar surface area (TPSA) is 73.7 Å². The lowest BCUT2D eigenvalue weighted by molar-refractivity contribution is -0.0406. The normalized spacial score (nSPS) is 17.6. The summed E-state index contributed by atoms with van der Waals surface area (Å²) in [5, 5.41) is 0. The van der Waals surface area contributed by atoms with E-state index in [1.165, 1.54) is 17.0 Å². The summed E-state index contributed by atoms with van der Waals surface area (Å²) in [6.45, 7) is 2.72. The van der Waals surface area contributed by atoms with E-state index in [2.05, 4.69) is 0 Å². The van der Waals surface area contributed by atoms with Crippen molar-refractivity contribution in [2.24, 2.45) is 0 Å². The van der Waals surface area contributed by atoms with E-state index in [1.54, 1.807) is 13.1 Å². The first-order valence-electron chi connectivity index (χ1n) is 8.74. The van der Waals surface area contributed by atoms with E-state index < -0.39 is 26.2 Å². The fourth-order valence-electron chi connectivity index (χ4n) is 3.03. The SMILES string of the molecule is CC(c1cccc(N2CCOC2=O)c1)N(C)c1ccc(S(=N)(=O)C(F)(F)F)cc1. The summed E-state index contributed by atoms with van der Waals surface area (Å²) in [5.41, 5.74) is -2.91.